The Kier molecular flexibility index (Phi) is 4.04. The van der Waals surface area contributed by atoms with Crippen LogP contribution >= 0.6 is 11.3 Å². The molecule has 23 heavy (non-hydrogen) atoms. The van der Waals surface area contributed by atoms with E-state index in [9.17, 15) is 4.79 Å². The number of benzene rings is 1. The number of piperazine rings is 1. The first-order valence-corrected chi connectivity index (χ1v) is 9.17. The summed E-state index contributed by atoms with van der Waals surface area (Å²) in [6, 6.07) is 10.6. The van der Waals surface area contributed by atoms with Gasteiger partial charge in [0.05, 0.1) is 0 Å². The second-order valence-corrected chi connectivity index (χ2v) is 7.28. The van der Waals surface area contributed by atoms with Gasteiger partial charge in [-0.25, -0.2) is 4.98 Å². The summed E-state index contributed by atoms with van der Waals surface area (Å²) < 4.78 is 0. The van der Waals surface area contributed by atoms with Gasteiger partial charge in [0.2, 0.25) is 5.91 Å². The van der Waals surface area contributed by atoms with Gasteiger partial charge in [-0.15, -0.1) is 11.3 Å². The molecule has 4 rings (SSSR count). The lowest BCUT2D eigenvalue weighted by atomic mass is 9.71. The number of aromatic nitrogens is 1. The average Bonchev–Trinajstić information content (AvgIpc) is 3.09. The van der Waals surface area contributed by atoms with E-state index in [0.717, 1.165) is 44.2 Å². The molecule has 1 aromatic heterocycles. The van der Waals surface area contributed by atoms with Gasteiger partial charge in [0, 0.05) is 43.7 Å². The topological polar surface area (TPSA) is 36.4 Å². The van der Waals surface area contributed by atoms with Crippen LogP contribution in [0.3, 0.4) is 0 Å². The van der Waals surface area contributed by atoms with E-state index in [1.54, 1.807) is 11.3 Å². The van der Waals surface area contributed by atoms with Crippen LogP contribution in [0.25, 0.3) is 0 Å². The second kappa shape index (κ2) is 6.32. The minimum absolute atomic E-state index is 0.228. The van der Waals surface area contributed by atoms with Gasteiger partial charge >= 0.3 is 0 Å². The van der Waals surface area contributed by atoms with Gasteiger partial charge < -0.3 is 9.80 Å². The first kappa shape index (κ1) is 14.7. The summed E-state index contributed by atoms with van der Waals surface area (Å²) in [6.07, 6.45) is 3.86. The highest BCUT2D eigenvalue weighted by atomic mass is 32.1. The summed E-state index contributed by atoms with van der Waals surface area (Å²) in [5.74, 6) is 1.16. The molecular weight excluding hydrogens is 306 g/mol. The lowest BCUT2D eigenvalue weighted by molar-refractivity contribution is -0.139. The fraction of sp³-hybridized carbons (Fsp3) is 0.444. The number of nitrogens with zero attached hydrogens (tertiary/aromatic N) is 3. The van der Waals surface area contributed by atoms with Crippen LogP contribution < -0.4 is 4.90 Å². The van der Waals surface area contributed by atoms with Crippen molar-refractivity contribution in [2.24, 2.45) is 5.92 Å². The third kappa shape index (κ3) is 2.98. The normalized spacial score (nSPS) is 24.3. The molecule has 1 saturated carbocycles. The van der Waals surface area contributed by atoms with Crippen LogP contribution in [0, 0.1) is 5.92 Å². The highest BCUT2D eigenvalue weighted by Crippen LogP contribution is 2.42. The number of hydrogen-bond donors (Lipinski definition) is 0. The van der Waals surface area contributed by atoms with E-state index in [4.69, 9.17) is 0 Å². The van der Waals surface area contributed by atoms with Crippen molar-refractivity contribution in [1.82, 2.24) is 9.88 Å². The Morgan fingerprint density at radius 1 is 1.09 bits per heavy atom. The van der Waals surface area contributed by atoms with Crippen molar-refractivity contribution < 1.29 is 4.79 Å². The molecule has 1 aliphatic carbocycles. The number of amides is 1. The largest absolute Gasteiger partial charge is 0.345 e. The maximum atomic E-state index is 12.6. The molecule has 4 nitrogen and oxygen atoms in total. The van der Waals surface area contributed by atoms with Crippen LogP contribution in [0.4, 0.5) is 5.13 Å². The molecule has 1 amide bonds. The van der Waals surface area contributed by atoms with Crippen LogP contribution in [0.5, 0.6) is 0 Å². The van der Waals surface area contributed by atoms with Gasteiger partial charge in [-0.1, -0.05) is 30.3 Å². The fourth-order valence-electron chi connectivity index (χ4n) is 3.57. The van der Waals surface area contributed by atoms with E-state index in [-0.39, 0.29) is 5.92 Å². The smallest absolute Gasteiger partial charge is 0.225 e. The molecule has 2 aliphatic rings. The monoisotopic (exact) mass is 327 g/mol. The Balaban J connectivity index is 1.28. The van der Waals surface area contributed by atoms with Gasteiger partial charge in [0.25, 0.3) is 0 Å². The minimum atomic E-state index is 0.228. The van der Waals surface area contributed by atoms with E-state index < -0.39 is 0 Å². The summed E-state index contributed by atoms with van der Waals surface area (Å²) in [5.41, 5.74) is 1.38. The van der Waals surface area contributed by atoms with Crippen molar-refractivity contribution in [2.45, 2.75) is 18.8 Å². The molecule has 0 bridgehead atoms. The maximum Gasteiger partial charge on any atom is 0.225 e. The highest BCUT2D eigenvalue weighted by molar-refractivity contribution is 7.13. The second-order valence-electron chi connectivity index (χ2n) is 6.40. The minimum Gasteiger partial charge on any atom is -0.345 e. The number of anilines is 1. The fourth-order valence-corrected chi connectivity index (χ4v) is 4.26. The summed E-state index contributed by atoms with van der Waals surface area (Å²) in [4.78, 5) is 21.3. The molecule has 1 aromatic carbocycles. The molecule has 1 aliphatic heterocycles. The first-order valence-electron chi connectivity index (χ1n) is 8.29. The third-order valence-electron chi connectivity index (χ3n) is 5.04. The molecule has 0 radical (unpaired) electrons. The van der Waals surface area contributed by atoms with E-state index in [1.807, 2.05) is 17.6 Å². The predicted octanol–water partition coefficient (Wildman–Crippen LogP) is 2.99. The zero-order valence-corrected chi connectivity index (χ0v) is 13.9. The Bertz CT molecular complexity index is 644. The molecule has 0 atom stereocenters. The standard InChI is InChI=1S/C18H21N3OS/c22-17(16-12-15(13-16)14-4-2-1-3-5-14)20-7-9-21(10-8-20)18-19-6-11-23-18/h1-6,11,15-16H,7-10,12-13H2. The van der Waals surface area contributed by atoms with Gasteiger partial charge in [0.15, 0.2) is 5.13 Å². The molecule has 2 heterocycles. The van der Waals surface area contributed by atoms with Crippen LogP contribution in [0.2, 0.25) is 0 Å². The van der Waals surface area contributed by atoms with Gasteiger partial charge in [-0.3, -0.25) is 4.79 Å². The molecule has 2 aromatic rings. The predicted molar refractivity (Wildman–Crippen MR) is 92.8 cm³/mol. The number of carbonyl (C=O) groups is 1. The lowest BCUT2D eigenvalue weighted by Gasteiger charge is -2.41. The Hall–Kier alpha value is -1.88. The average molecular weight is 327 g/mol. The third-order valence-corrected chi connectivity index (χ3v) is 5.87. The van der Waals surface area contributed by atoms with Crippen molar-refractivity contribution in [3.8, 4) is 0 Å². The maximum absolute atomic E-state index is 12.6. The molecule has 5 heteroatoms. The van der Waals surface area contributed by atoms with Gasteiger partial charge in [-0.2, -0.15) is 0 Å². The van der Waals surface area contributed by atoms with Crippen LogP contribution in [-0.4, -0.2) is 42.0 Å². The number of hydrogen-bond acceptors (Lipinski definition) is 4. The van der Waals surface area contributed by atoms with Crippen LogP contribution in [0.1, 0.15) is 24.3 Å². The van der Waals surface area contributed by atoms with E-state index >= 15 is 0 Å². The van der Waals surface area contributed by atoms with Crippen molar-refractivity contribution in [3.63, 3.8) is 0 Å². The lowest BCUT2D eigenvalue weighted by Crippen LogP contribution is -2.51. The molecule has 2 fully saturated rings. The van der Waals surface area contributed by atoms with E-state index in [2.05, 4.69) is 39.0 Å². The summed E-state index contributed by atoms with van der Waals surface area (Å²) in [6.45, 7) is 3.44. The Morgan fingerprint density at radius 2 is 1.83 bits per heavy atom. The van der Waals surface area contributed by atoms with E-state index in [0.29, 0.717) is 11.8 Å². The molecule has 0 spiro atoms. The van der Waals surface area contributed by atoms with Crippen LogP contribution in [-0.2, 0) is 4.79 Å². The van der Waals surface area contributed by atoms with Gasteiger partial charge in [0.1, 0.15) is 0 Å². The molecule has 0 N–H and O–H groups in total. The quantitative estimate of drug-likeness (QED) is 0.869. The molecule has 120 valence electrons. The van der Waals surface area contributed by atoms with Crippen molar-refractivity contribution in [1.29, 1.82) is 0 Å². The molecular formula is C18H21N3OS. The highest BCUT2D eigenvalue weighted by Gasteiger charge is 2.38. The summed E-state index contributed by atoms with van der Waals surface area (Å²) in [5, 5.41) is 3.08. The zero-order valence-electron chi connectivity index (χ0n) is 13.1. The summed E-state index contributed by atoms with van der Waals surface area (Å²) >= 11 is 1.67. The first-order chi connectivity index (χ1) is 11.3. The van der Waals surface area contributed by atoms with Crippen LogP contribution in [0.15, 0.2) is 41.9 Å². The SMILES string of the molecule is O=C(C1CC(c2ccccc2)C1)N1CCN(c2nccs2)CC1. The zero-order chi connectivity index (χ0) is 15.6. The van der Waals surface area contributed by atoms with Crippen molar-refractivity contribution in [3.05, 3.63) is 47.5 Å². The number of rotatable bonds is 3. The molecule has 1 saturated heterocycles. The number of thiazole rings is 1. The van der Waals surface area contributed by atoms with Crippen molar-refractivity contribution in [2.75, 3.05) is 31.1 Å². The van der Waals surface area contributed by atoms with E-state index in [1.165, 1.54) is 5.56 Å². The van der Waals surface area contributed by atoms with Crippen molar-refractivity contribution >= 4 is 22.4 Å². The summed E-state index contributed by atoms with van der Waals surface area (Å²) in [7, 11) is 0. The number of carbonyl (C=O) groups excluding carboxylic acids is 1. The Labute approximate surface area is 140 Å². The Morgan fingerprint density at radius 3 is 2.48 bits per heavy atom. The molecule has 0 unspecified atom stereocenters. The van der Waals surface area contributed by atoms with Gasteiger partial charge in [-0.05, 0) is 24.3 Å².